The summed E-state index contributed by atoms with van der Waals surface area (Å²) in [6.07, 6.45) is 4.58. The number of hydrogen-bond acceptors (Lipinski definition) is 6. The van der Waals surface area contributed by atoms with Crippen LogP contribution in [0.25, 0.3) is 0 Å². The van der Waals surface area contributed by atoms with E-state index in [0.29, 0.717) is 41.1 Å². The van der Waals surface area contributed by atoms with E-state index >= 15 is 0 Å². The van der Waals surface area contributed by atoms with Crippen LogP contribution in [0, 0.1) is 0 Å². The van der Waals surface area contributed by atoms with Crippen molar-refractivity contribution >= 4 is 23.4 Å². The molecule has 2 aliphatic rings. The molecule has 3 aromatic rings. The second kappa shape index (κ2) is 11.1. The minimum atomic E-state index is -0.228. The van der Waals surface area contributed by atoms with Crippen molar-refractivity contribution < 1.29 is 19.1 Å². The first-order chi connectivity index (χ1) is 18.4. The van der Waals surface area contributed by atoms with Crippen molar-refractivity contribution in [3.8, 4) is 17.2 Å². The van der Waals surface area contributed by atoms with E-state index in [1.165, 1.54) is 5.56 Å². The highest BCUT2D eigenvalue weighted by molar-refractivity contribution is 6.03. The summed E-state index contributed by atoms with van der Waals surface area (Å²) in [4.78, 5) is 33.4. The van der Waals surface area contributed by atoms with Gasteiger partial charge in [0, 0.05) is 37.5 Å². The number of benzene rings is 2. The van der Waals surface area contributed by atoms with E-state index in [2.05, 4.69) is 39.7 Å². The normalized spacial score (nSPS) is 15.6. The minimum absolute atomic E-state index is 0.162. The van der Waals surface area contributed by atoms with E-state index in [1.54, 1.807) is 37.4 Å². The van der Waals surface area contributed by atoms with Gasteiger partial charge in [0.05, 0.1) is 12.8 Å². The standard InChI is InChI=1S/C29H33N5O4/c1-30-29(36)34-15-11-22-16-26(25(37-3)18-24(22)34)38-23-8-12-31-27(17-23)32-28(35)21-6-4-19(5-7-21)20-9-13-33(2)14-10-20/h4-8,12,16-18,20H,9-11,13-15H2,1-3H3,(H,30,36)(H,31,32,35). The number of nitrogens with one attached hydrogen (secondary N) is 2. The van der Waals surface area contributed by atoms with Crippen LogP contribution < -0.4 is 25.0 Å². The van der Waals surface area contributed by atoms with Crippen molar-refractivity contribution in [1.82, 2.24) is 15.2 Å². The summed E-state index contributed by atoms with van der Waals surface area (Å²) in [6.45, 7) is 2.79. The lowest BCUT2D eigenvalue weighted by Crippen LogP contribution is -2.36. The number of urea groups is 1. The SMILES string of the molecule is CNC(=O)N1CCc2cc(Oc3ccnc(NC(=O)c4ccc(C5CCN(C)CC5)cc4)c3)c(OC)cc21. The summed E-state index contributed by atoms with van der Waals surface area (Å²) in [5.41, 5.74) is 3.66. The van der Waals surface area contributed by atoms with Crippen LogP contribution in [-0.2, 0) is 6.42 Å². The van der Waals surface area contributed by atoms with Crippen molar-refractivity contribution in [3.63, 3.8) is 0 Å². The molecule has 0 radical (unpaired) electrons. The molecule has 1 saturated heterocycles. The Kier molecular flexibility index (Phi) is 7.46. The number of amides is 3. The Balaban J connectivity index is 1.27. The largest absolute Gasteiger partial charge is 0.493 e. The monoisotopic (exact) mass is 515 g/mol. The molecule has 3 amide bonds. The minimum Gasteiger partial charge on any atom is -0.493 e. The molecule has 38 heavy (non-hydrogen) atoms. The third-order valence-corrected chi connectivity index (χ3v) is 7.28. The van der Waals surface area contributed by atoms with Gasteiger partial charge in [0.2, 0.25) is 0 Å². The maximum atomic E-state index is 12.9. The van der Waals surface area contributed by atoms with Crippen LogP contribution >= 0.6 is 0 Å². The molecule has 2 aromatic carbocycles. The summed E-state index contributed by atoms with van der Waals surface area (Å²) in [6, 6.07) is 14.8. The molecule has 1 fully saturated rings. The van der Waals surface area contributed by atoms with Crippen molar-refractivity contribution in [2.45, 2.75) is 25.2 Å². The van der Waals surface area contributed by atoms with Gasteiger partial charge in [-0.15, -0.1) is 0 Å². The summed E-state index contributed by atoms with van der Waals surface area (Å²) in [5, 5.41) is 5.53. The first-order valence-electron chi connectivity index (χ1n) is 12.9. The predicted molar refractivity (Wildman–Crippen MR) is 147 cm³/mol. The van der Waals surface area contributed by atoms with Gasteiger partial charge in [-0.2, -0.15) is 0 Å². The highest BCUT2D eigenvalue weighted by Gasteiger charge is 2.26. The van der Waals surface area contributed by atoms with E-state index in [-0.39, 0.29) is 11.9 Å². The van der Waals surface area contributed by atoms with E-state index in [0.717, 1.165) is 43.6 Å². The zero-order valence-corrected chi connectivity index (χ0v) is 22.0. The number of aromatic nitrogens is 1. The molecule has 198 valence electrons. The Hall–Kier alpha value is -4.11. The van der Waals surface area contributed by atoms with Gasteiger partial charge < -0.3 is 25.0 Å². The fraction of sp³-hybridized carbons (Fsp3) is 0.345. The first kappa shape index (κ1) is 25.5. The Morgan fingerprint density at radius 2 is 1.76 bits per heavy atom. The molecular formula is C29H33N5O4. The molecule has 3 heterocycles. The Labute approximate surface area is 222 Å². The van der Waals surface area contributed by atoms with Crippen LogP contribution in [0.2, 0.25) is 0 Å². The van der Waals surface area contributed by atoms with Gasteiger partial charge in [0.1, 0.15) is 11.6 Å². The maximum absolute atomic E-state index is 12.9. The van der Waals surface area contributed by atoms with Gasteiger partial charge in [-0.25, -0.2) is 9.78 Å². The van der Waals surface area contributed by atoms with Crippen LogP contribution in [0.3, 0.4) is 0 Å². The van der Waals surface area contributed by atoms with Crippen LogP contribution in [0.5, 0.6) is 17.2 Å². The molecule has 0 unspecified atom stereocenters. The van der Waals surface area contributed by atoms with Crippen molar-refractivity contribution in [2.75, 3.05) is 51.1 Å². The number of fused-ring (bicyclic) bond motifs is 1. The third-order valence-electron chi connectivity index (χ3n) is 7.28. The van der Waals surface area contributed by atoms with Crippen molar-refractivity contribution in [3.05, 3.63) is 71.4 Å². The molecule has 9 heteroatoms. The molecule has 9 nitrogen and oxygen atoms in total. The Bertz CT molecular complexity index is 1320. The van der Waals surface area contributed by atoms with Crippen molar-refractivity contribution in [2.24, 2.45) is 0 Å². The number of rotatable bonds is 6. The molecule has 0 saturated carbocycles. The highest BCUT2D eigenvalue weighted by atomic mass is 16.5. The summed E-state index contributed by atoms with van der Waals surface area (Å²) >= 11 is 0. The maximum Gasteiger partial charge on any atom is 0.321 e. The van der Waals surface area contributed by atoms with Crippen LogP contribution in [0.4, 0.5) is 16.3 Å². The Morgan fingerprint density at radius 3 is 2.47 bits per heavy atom. The number of piperidine rings is 1. The average molecular weight is 516 g/mol. The lowest BCUT2D eigenvalue weighted by atomic mass is 9.89. The third kappa shape index (κ3) is 5.43. The quantitative estimate of drug-likeness (QED) is 0.496. The predicted octanol–water partition coefficient (Wildman–Crippen LogP) is 4.65. The zero-order chi connectivity index (χ0) is 26.6. The highest BCUT2D eigenvalue weighted by Crippen LogP contribution is 2.40. The number of ether oxygens (including phenoxy) is 2. The number of pyridine rings is 1. The van der Waals surface area contributed by atoms with Crippen LogP contribution in [0.15, 0.2) is 54.7 Å². The number of anilines is 2. The smallest absolute Gasteiger partial charge is 0.321 e. The van der Waals surface area contributed by atoms with Crippen LogP contribution in [0.1, 0.15) is 40.2 Å². The lowest BCUT2D eigenvalue weighted by Gasteiger charge is -2.29. The fourth-order valence-corrected chi connectivity index (χ4v) is 5.09. The number of nitrogens with zero attached hydrogens (tertiary/aromatic N) is 3. The van der Waals surface area contributed by atoms with Gasteiger partial charge in [-0.05, 0) is 80.7 Å². The molecule has 0 bridgehead atoms. The molecule has 2 aliphatic heterocycles. The van der Waals surface area contributed by atoms with Gasteiger partial charge in [0.15, 0.2) is 11.5 Å². The summed E-state index contributed by atoms with van der Waals surface area (Å²) < 4.78 is 11.7. The van der Waals surface area contributed by atoms with Gasteiger partial charge >= 0.3 is 6.03 Å². The molecular weight excluding hydrogens is 482 g/mol. The van der Waals surface area contributed by atoms with Gasteiger partial charge in [-0.1, -0.05) is 12.1 Å². The van der Waals surface area contributed by atoms with E-state index in [9.17, 15) is 9.59 Å². The number of carbonyl (C=O) groups excluding carboxylic acids is 2. The first-order valence-corrected chi connectivity index (χ1v) is 12.9. The topological polar surface area (TPSA) is 96.0 Å². The van der Waals surface area contributed by atoms with Gasteiger partial charge in [-0.3, -0.25) is 9.69 Å². The molecule has 0 aliphatic carbocycles. The fourth-order valence-electron chi connectivity index (χ4n) is 5.09. The van der Waals surface area contributed by atoms with Crippen molar-refractivity contribution in [1.29, 1.82) is 0 Å². The van der Waals surface area contributed by atoms with E-state index < -0.39 is 0 Å². The lowest BCUT2D eigenvalue weighted by molar-refractivity contribution is 0.102. The molecule has 0 atom stereocenters. The van der Waals surface area contributed by atoms with E-state index in [1.807, 2.05) is 24.3 Å². The zero-order valence-electron chi connectivity index (χ0n) is 22.0. The summed E-state index contributed by atoms with van der Waals surface area (Å²) in [5.74, 6) is 2.24. The number of carbonyl (C=O) groups is 2. The second-order valence-corrected chi connectivity index (χ2v) is 9.72. The van der Waals surface area contributed by atoms with Gasteiger partial charge in [0.25, 0.3) is 5.91 Å². The molecule has 2 N–H and O–H groups in total. The molecule has 0 spiro atoms. The van der Waals surface area contributed by atoms with Crippen LogP contribution in [-0.4, -0.2) is 62.7 Å². The average Bonchev–Trinajstić information content (AvgIpc) is 3.35. The molecule has 5 rings (SSSR count). The summed E-state index contributed by atoms with van der Waals surface area (Å²) in [7, 11) is 5.33. The van der Waals surface area contributed by atoms with E-state index in [4.69, 9.17) is 9.47 Å². The molecule has 1 aromatic heterocycles. The Morgan fingerprint density at radius 1 is 1.00 bits per heavy atom. The number of methoxy groups -OCH3 is 1. The number of likely N-dealkylation sites (tertiary alicyclic amines) is 1. The second-order valence-electron chi connectivity index (χ2n) is 9.72. The number of hydrogen-bond donors (Lipinski definition) is 2.